The van der Waals surface area contributed by atoms with Crippen molar-refractivity contribution in [2.24, 2.45) is 0 Å². The van der Waals surface area contributed by atoms with Crippen LogP contribution < -0.4 is 4.74 Å². The summed E-state index contributed by atoms with van der Waals surface area (Å²) in [6.45, 7) is 6.16. The monoisotopic (exact) mass is 210 g/mol. The Morgan fingerprint density at radius 2 is 2.14 bits per heavy atom. The number of fused-ring (bicyclic) bond motifs is 1. The molecule has 2 rings (SSSR count). The summed E-state index contributed by atoms with van der Waals surface area (Å²) in [5, 5.41) is 0.0526. The topological polar surface area (TPSA) is 9.23 Å². The molecule has 14 heavy (non-hydrogen) atoms. The van der Waals surface area contributed by atoms with Gasteiger partial charge >= 0.3 is 0 Å². The lowest BCUT2D eigenvalue weighted by atomic mass is 9.93. The van der Waals surface area contributed by atoms with Crippen molar-refractivity contribution in [1.29, 1.82) is 0 Å². The van der Waals surface area contributed by atoms with Crippen molar-refractivity contribution in [3.05, 3.63) is 29.3 Å². The Labute approximate surface area is 90.0 Å². The standard InChI is InChI=1S/C12H15ClO/c1-8-4-5-10-9(6-8)7-11(13)12(2,3)14-10/h4-6,11H,7H2,1-3H3. The quantitative estimate of drug-likeness (QED) is 0.597. The zero-order valence-corrected chi connectivity index (χ0v) is 9.56. The van der Waals surface area contributed by atoms with Crippen LogP contribution in [-0.2, 0) is 6.42 Å². The largest absolute Gasteiger partial charge is 0.486 e. The molecule has 1 atom stereocenters. The second-order valence-electron chi connectivity index (χ2n) is 4.49. The number of benzene rings is 1. The number of halogens is 1. The maximum Gasteiger partial charge on any atom is 0.123 e. The van der Waals surface area contributed by atoms with Gasteiger partial charge in [0.2, 0.25) is 0 Å². The molecule has 0 spiro atoms. The third-order valence-corrected chi connectivity index (χ3v) is 3.42. The Hall–Kier alpha value is -0.690. The fourth-order valence-electron chi connectivity index (χ4n) is 1.75. The molecule has 2 heteroatoms. The molecule has 0 saturated heterocycles. The van der Waals surface area contributed by atoms with Gasteiger partial charge in [0.15, 0.2) is 0 Å². The van der Waals surface area contributed by atoms with Crippen LogP contribution in [0, 0.1) is 6.92 Å². The van der Waals surface area contributed by atoms with Gasteiger partial charge in [0.25, 0.3) is 0 Å². The van der Waals surface area contributed by atoms with Gasteiger partial charge in [0.1, 0.15) is 11.4 Å². The van der Waals surface area contributed by atoms with E-state index in [9.17, 15) is 0 Å². The summed E-state index contributed by atoms with van der Waals surface area (Å²) in [5.74, 6) is 0.984. The van der Waals surface area contributed by atoms with Gasteiger partial charge in [-0.2, -0.15) is 0 Å². The van der Waals surface area contributed by atoms with Gasteiger partial charge in [-0.25, -0.2) is 0 Å². The van der Waals surface area contributed by atoms with E-state index < -0.39 is 0 Å². The molecule has 0 bridgehead atoms. The van der Waals surface area contributed by atoms with Crippen molar-refractivity contribution in [3.8, 4) is 5.75 Å². The minimum atomic E-state index is -0.260. The first-order valence-corrected chi connectivity index (χ1v) is 5.35. The zero-order chi connectivity index (χ0) is 10.3. The van der Waals surface area contributed by atoms with Crippen LogP contribution in [-0.4, -0.2) is 11.0 Å². The number of rotatable bonds is 0. The second kappa shape index (κ2) is 3.16. The fourth-order valence-corrected chi connectivity index (χ4v) is 1.96. The van der Waals surface area contributed by atoms with Gasteiger partial charge in [-0.05, 0) is 38.8 Å². The summed E-state index contributed by atoms with van der Waals surface area (Å²) in [7, 11) is 0. The van der Waals surface area contributed by atoms with Crippen LogP contribution in [0.1, 0.15) is 25.0 Å². The highest BCUT2D eigenvalue weighted by Crippen LogP contribution is 2.36. The Kier molecular flexibility index (Phi) is 2.23. The number of alkyl halides is 1. The molecule has 1 unspecified atom stereocenters. The highest BCUT2D eigenvalue weighted by Gasteiger charge is 2.35. The fraction of sp³-hybridized carbons (Fsp3) is 0.500. The van der Waals surface area contributed by atoms with Crippen LogP contribution in [0.2, 0.25) is 0 Å². The first-order chi connectivity index (χ1) is 6.49. The molecule has 0 N–H and O–H groups in total. The highest BCUT2D eigenvalue weighted by molar-refractivity contribution is 6.21. The second-order valence-corrected chi connectivity index (χ2v) is 5.02. The zero-order valence-electron chi connectivity index (χ0n) is 8.80. The van der Waals surface area contributed by atoms with E-state index in [1.165, 1.54) is 11.1 Å². The van der Waals surface area contributed by atoms with Gasteiger partial charge in [0, 0.05) is 0 Å². The normalized spacial score (nSPS) is 23.9. The van der Waals surface area contributed by atoms with Crippen LogP contribution in [0.15, 0.2) is 18.2 Å². The number of aryl methyl sites for hydroxylation is 1. The van der Waals surface area contributed by atoms with Crippen LogP contribution in [0.4, 0.5) is 0 Å². The summed E-state index contributed by atoms with van der Waals surface area (Å²) in [6.07, 6.45) is 0.894. The summed E-state index contributed by atoms with van der Waals surface area (Å²) >= 11 is 6.26. The maximum atomic E-state index is 6.26. The lowest BCUT2D eigenvalue weighted by Crippen LogP contribution is -2.43. The molecule has 1 aliphatic heterocycles. The molecular weight excluding hydrogens is 196 g/mol. The number of ether oxygens (including phenoxy) is 1. The van der Waals surface area contributed by atoms with Crippen LogP contribution in [0.25, 0.3) is 0 Å². The summed E-state index contributed by atoms with van der Waals surface area (Å²) in [6, 6.07) is 6.26. The van der Waals surface area contributed by atoms with Crippen molar-refractivity contribution in [2.45, 2.75) is 38.2 Å². The smallest absolute Gasteiger partial charge is 0.123 e. The first-order valence-electron chi connectivity index (χ1n) is 4.91. The van der Waals surface area contributed by atoms with Crippen LogP contribution >= 0.6 is 11.6 Å². The minimum absolute atomic E-state index is 0.0526. The molecule has 0 radical (unpaired) electrons. The predicted octanol–water partition coefficient (Wildman–Crippen LogP) is 3.32. The van der Waals surface area contributed by atoms with Crippen molar-refractivity contribution >= 4 is 11.6 Å². The van der Waals surface area contributed by atoms with Gasteiger partial charge in [-0.1, -0.05) is 17.7 Å². The maximum absolute atomic E-state index is 6.26. The summed E-state index contributed by atoms with van der Waals surface area (Å²) in [5.41, 5.74) is 2.23. The highest BCUT2D eigenvalue weighted by atomic mass is 35.5. The summed E-state index contributed by atoms with van der Waals surface area (Å²) in [4.78, 5) is 0. The van der Waals surface area contributed by atoms with E-state index in [2.05, 4.69) is 19.1 Å². The van der Waals surface area contributed by atoms with E-state index in [0.717, 1.165) is 12.2 Å². The average molecular weight is 211 g/mol. The van der Waals surface area contributed by atoms with Crippen LogP contribution in [0.3, 0.4) is 0 Å². The third kappa shape index (κ3) is 1.61. The van der Waals surface area contributed by atoms with Crippen molar-refractivity contribution in [1.82, 2.24) is 0 Å². The third-order valence-electron chi connectivity index (χ3n) is 2.74. The number of hydrogen-bond donors (Lipinski definition) is 0. The minimum Gasteiger partial charge on any atom is -0.486 e. The van der Waals surface area contributed by atoms with E-state index in [-0.39, 0.29) is 11.0 Å². The van der Waals surface area contributed by atoms with Crippen molar-refractivity contribution in [2.75, 3.05) is 0 Å². The SMILES string of the molecule is Cc1ccc2c(c1)CC(Cl)C(C)(C)O2. The van der Waals surface area contributed by atoms with Crippen molar-refractivity contribution < 1.29 is 4.74 Å². The Morgan fingerprint density at radius 1 is 1.43 bits per heavy atom. The van der Waals surface area contributed by atoms with Crippen molar-refractivity contribution in [3.63, 3.8) is 0 Å². The molecule has 1 nitrogen and oxygen atoms in total. The van der Waals surface area contributed by atoms with E-state index in [4.69, 9.17) is 16.3 Å². The van der Waals surface area contributed by atoms with Gasteiger partial charge in [0.05, 0.1) is 5.38 Å². The molecule has 1 heterocycles. The van der Waals surface area contributed by atoms with Gasteiger partial charge in [-0.3, -0.25) is 0 Å². The molecule has 0 amide bonds. The van der Waals surface area contributed by atoms with E-state index in [0.29, 0.717) is 0 Å². The van der Waals surface area contributed by atoms with Gasteiger partial charge in [-0.15, -0.1) is 11.6 Å². The van der Waals surface area contributed by atoms with Crippen LogP contribution in [0.5, 0.6) is 5.75 Å². The average Bonchev–Trinajstić information content (AvgIpc) is 2.08. The molecule has 0 fully saturated rings. The van der Waals surface area contributed by atoms with E-state index in [1.807, 2.05) is 19.9 Å². The lowest BCUT2D eigenvalue weighted by molar-refractivity contribution is 0.0889. The lowest BCUT2D eigenvalue weighted by Gasteiger charge is -2.36. The van der Waals surface area contributed by atoms with E-state index >= 15 is 0 Å². The first kappa shape index (κ1) is 9.85. The molecule has 0 saturated carbocycles. The van der Waals surface area contributed by atoms with E-state index in [1.54, 1.807) is 0 Å². The molecular formula is C12H15ClO. The Morgan fingerprint density at radius 3 is 2.86 bits per heavy atom. The predicted molar refractivity (Wildman–Crippen MR) is 59.2 cm³/mol. The molecule has 1 aromatic carbocycles. The van der Waals surface area contributed by atoms with Gasteiger partial charge < -0.3 is 4.74 Å². The summed E-state index contributed by atoms with van der Waals surface area (Å²) < 4.78 is 5.85. The molecule has 1 aromatic rings. The Bertz CT molecular complexity index is 357. The molecule has 76 valence electrons. The molecule has 0 aliphatic carbocycles. The molecule has 1 aliphatic rings. The molecule has 0 aromatic heterocycles. The Balaban J connectivity index is 2.41. The number of hydrogen-bond acceptors (Lipinski definition) is 1.